The van der Waals surface area contributed by atoms with Crippen LogP contribution in [-0.2, 0) is 11.2 Å². The number of nitrogens with one attached hydrogen (secondary N) is 1. The summed E-state index contributed by atoms with van der Waals surface area (Å²) in [5.41, 5.74) is 1.87. The van der Waals surface area contributed by atoms with Crippen molar-refractivity contribution in [2.45, 2.75) is 12.5 Å². The van der Waals surface area contributed by atoms with Crippen LogP contribution in [0.2, 0.25) is 0 Å². The van der Waals surface area contributed by atoms with Gasteiger partial charge in [0.05, 0.1) is 5.56 Å². The molecular formula is C25H19NO5. The Kier molecular flexibility index (Phi) is 5.62. The lowest BCUT2D eigenvalue weighted by Gasteiger charge is -2.15. The van der Waals surface area contributed by atoms with Gasteiger partial charge in [0.1, 0.15) is 11.6 Å². The van der Waals surface area contributed by atoms with Gasteiger partial charge in [-0.25, -0.2) is 9.59 Å². The smallest absolute Gasteiger partial charge is 0.344 e. The van der Waals surface area contributed by atoms with Gasteiger partial charge < -0.3 is 14.8 Å². The second-order valence-electron chi connectivity index (χ2n) is 7.12. The van der Waals surface area contributed by atoms with Crippen molar-refractivity contribution in [2.24, 2.45) is 0 Å². The topological polar surface area (TPSA) is 96.6 Å². The van der Waals surface area contributed by atoms with E-state index >= 15 is 0 Å². The summed E-state index contributed by atoms with van der Waals surface area (Å²) in [6, 6.07) is 23.4. The standard InChI is InChI=1S/C25H19NO5/c27-23(26-21(24(28)29)13-16-7-2-1-3-8-16)19-11-6-10-17(14-19)20-15-18-9-4-5-12-22(18)31-25(20)30/h1-12,14-15,21H,13H2,(H,26,27)(H,28,29). The Morgan fingerprint density at radius 1 is 0.903 bits per heavy atom. The predicted molar refractivity (Wildman–Crippen MR) is 117 cm³/mol. The molecule has 1 amide bonds. The quantitative estimate of drug-likeness (QED) is 0.468. The molecule has 4 aromatic rings. The van der Waals surface area contributed by atoms with Crippen molar-refractivity contribution < 1.29 is 19.1 Å². The molecule has 2 N–H and O–H groups in total. The van der Waals surface area contributed by atoms with E-state index in [4.69, 9.17) is 4.42 Å². The van der Waals surface area contributed by atoms with Crippen LogP contribution in [0.4, 0.5) is 0 Å². The van der Waals surface area contributed by atoms with E-state index in [-0.39, 0.29) is 12.0 Å². The Labute approximate surface area is 177 Å². The van der Waals surface area contributed by atoms with Crippen LogP contribution in [0.3, 0.4) is 0 Å². The van der Waals surface area contributed by atoms with Crippen LogP contribution in [0.1, 0.15) is 15.9 Å². The molecule has 0 aliphatic heterocycles. The maximum absolute atomic E-state index is 12.8. The fourth-order valence-corrected chi connectivity index (χ4v) is 3.38. The second-order valence-corrected chi connectivity index (χ2v) is 7.12. The largest absolute Gasteiger partial charge is 0.480 e. The highest BCUT2D eigenvalue weighted by atomic mass is 16.4. The van der Waals surface area contributed by atoms with Crippen LogP contribution in [0, 0.1) is 0 Å². The van der Waals surface area contributed by atoms with E-state index in [1.807, 2.05) is 42.5 Å². The number of benzene rings is 3. The van der Waals surface area contributed by atoms with Gasteiger partial charge in [0.25, 0.3) is 5.91 Å². The summed E-state index contributed by atoms with van der Waals surface area (Å²) in [5.74, 6) is -1.65. The molecule has 0 bridgehead atoms. The van der Waals surface area contributed by atoms with Crippen molar-refractivity contribution in [2.75, 3.05) is 0 Å². The SMILES string of the molecule is O=C(NC(Cc1ccccc1)C(=O)O)c1cccc(-c2cc3ccccc3oc2=O)c1. The van der Waals surface area contributed by atoms with E-state index in [0.717, 1.165) is 10.9 Å². The van der Waals surface area contributed by atoms with Crippen molar-refractivity contribution in [3.8, 4) is 11.1 Å². The van der Waals surface area contributed by atoms with Crippen LogP contribution in [-0.4, -0.2) is 23.0 Å². The minimum absolute atomic E-state index is 0.163. The van der Waals surface area contributed by atoms with Gasteiger partial charge in [-0.15, -0.1) is 0 Å². The first-order valence-electron chi connectivity index (χ1n) is 9.72. The third-order valence-electron chi connectivity index (χ3n) is 4.96. The van der Waals surface area contributed by atoms with Crippen LogP contribution in [0.15, 0.2) is 94.1 Å². The number of hydrogen-bond acceptors (Lipinski definition) is 4. The molecule has 0 fully saturated rings. The first-order valence-corrected chi connectivity index (χ1v) is 9.72. The first-order chi connectivity index (χ1) is 15.0. The highest BCUT2D eigenvalue weighted by molar-refractivity contribution is 5.97. The van der Waals surface area contributed by atoms with Crippen molar-refractivity contribution in [1.82, 2.24) is 5.32 Å². The number of aliphatic carboxylic acids is 1. The van der Waals surface area contributed by atoms with Crippen LogP contribution < -0.4 is 10.9 Å². The van der Waals surface area contributed by atoms with E-state index in [1.165, 1.54) is 0 Å². The Bertz CT molecular complexity index is 1310. The van der Waals surface area contributed by atoms with Crippen molar-refractivity contribution in [3.63, 3.8) is 0 Å². The number of rotatable bonds is 6. The van der Waals surface area contributed by atoms with Gasteiger partial charge in [-0.2, -0.15) is 0 Å². The van der Waals surface area contributed by atoms with Gasteiger partial charge in [0.2, 0.25) is 0 Å². The third-order valence-corrected chi connectivity index (χ3v) is 4.96. The van der Waals surface area contributed by atoms with Gasteiger partial charge in [0.15, 0.2) is 0 Å². The average molecular weight is 413 g/mol. The average Bonchev–Trinajstić information content (AvgIpc) is 2.79. The lowest BCUT2D eigenvalue weighted by atomic mass is 10.0. The summed E-state index contributed by atoms with van der Waals surface area (Å²) in [5, 5.41) is 12.9. The molecular weight excluding hydrogens is 394 g/mol. The third kappa shape index (κ3) is 4.53. The number of carboxylic acid groups (broad SMARTS) is 1. The summed E-state index contributed by atoms with van der Waals surface area (Å²) >= 11 is 0. The van der Waals surface area contributed by atoms with Gasteiger partial charge in [-0.05, 0) is 35.4 Å². The molecule has 6 nitrogen and oxygen atoms in total. The number of para-hydroxylation sites is 1. The van der Waals surface area contributed by atoms with Crippen molar-refractivity contribution in [1.29, 1.82) is 0 Å². The maximum atomic E-state index is 12.8. The van der Waals surface area contributed by atoms with E-state index < -0.39 is 23.5 Å². The van der Waals surface area contributed by atoms with Crippen molar-refractivity contribution in [3.05, 3.63) is 106 Å². The predicted octanol–water partition coefficient (Wildman–Crippen LogP) is 3.89. The van der Waals surface area contributed by atoms with Crippen LogP contribution in [0.25, 0.3) is 22.1 Å². The Morgan fingerprint density at radius 2 is 1.65 bits per heavy atom. The molecule has 0 radical (unpaired) electrons. The Morgan fingerprint density at radius 3 is 2.42 bits per heavy atom. The number of carboxylic acids is 1. The Hall–Kier alpha value is -4.19. The fourth-order valence-electron chi connectivity index (χ4n) is 3.38. The second kappa shape index (κ2) is 8.67. The lowest BCUT2D eigenvalue weighted by Crippen LogP contribution is -2.42. The minimum Gasteiger partial charge on any atom is -0.480 e. The molecule has 0 saturated carbocycles. The molecule has 1 atom stereocenters. The monoisotopic (exact) mass is 413 g/mol. The number of fused-ring (bicyclic) bond motifs is 1. The molecule has 31 heavy (non-hydrogen) atoms. The summed E-state index contributed by atoms with van der Waals surface area (Å²) in [7, 11) is 0. The number of amides is 1. The summed E-state index contributed by atoms with van der Waals surface area (Å²) < 4.78 is 5.38. The molecule has 3 aromatic carbocycles. The molecule has 0 saturated heterocycles. The molecule has 6 heteroatoms. The van der Waals surface area contributed by atoms with Gasteiger partial charge in [-0.3, -0.25) is 4.79 Å². The summed E-state index contributed by atoms with van der Waals surface area (Å²) in [6.07, 6.45) is 0.163. The highest BCUT2D eigenvalue weighted by Crippen LogP contribution is 2.22. The van der Waals surface area contributed by atoms with Gasteiger partial charge in [-0.1, -0.05) is 60.7 Å². The molecule has 1 aromatic heterocycles. The minimum atomic E-state index is -1.12. The van der Waals surface area contributed by atoms with Gasteiger partial charge >= 0.3 is 11.6 Å². The molecule has 0 aliphatic rings. The summed E-state index contributed by atoms with van der Waals surface area (Å²) in [6.45, 7) is 0. The van der Waals surface area contributed by atoms with Crippen molar-refractivity contribution >= 4 is 22.8 Å². The van der Waals surface area contributed by atoms with E-state index in [2.05, 4.69) is 5.32 Å². The van der Waals surface area contributed by atoms with E-state index in [9.17, 15) is 19.5 Å². The summed E-state index contributed by atoms with van der Waals surface area (Å²) in [4.78, 5) is 36.9. The maximum Gasteiger partial charge on any atom is 0.344 e. The number of carbonyl (C=O) groups excluding carboxylic acids is 1. The molecule has 154 valence electrons. The molecule has 4 rings (SSSR count). The van der Waals surface area contributed by atoms with Gasteiger partial charge in [0, 0.05) is 17.4 Å². The zero-order valence-electron chi connectivity index (χ0n) is 16.4. The molecule has 1 unspecified atom stereocenters. The number of carbonyl (C=O) groups is 2. The fraction of sp³-hybridized carbons (Fsp3) is 0.0800. The van der Waals surface area contributed by atoms with Crippen LogP contribution in [0.5, 0.6) is 0 Å². The zero-order valence-corrected chi connectivity index (χ0v) is 16.4. The lowest BCUT2D eigenvalue weighted by molar-refractivity contribution is -0.139. The molecule has 0 aliphatic carbocycles. The normalized spacial score (nSPS) is 11.7. The number of hydrogen-bond donors (Lipinski definition) is 2. The molecule has 0 spiro atoms. The highest BCUT2D eigenvalue weighted by Gasteiger charge is 2.21. The van der Waals surface area contributed by atoms with E-state index in [1.54, 1.807) is 42.5 Å². The molecule has 1 heterocycles. The van der Waals surface area contributed by atoms with Crippen LogP contribution >= 0.6 is 0 Å². The first kappa shape index (κ1) is 20.1. The van der Waals surface area contributed by atoms with E-state index in [0.29, 0.717) is 16.7 Å². The zero-order chi connectivity index (χ0) is 21.8. The Balaban J connectivity index is 1.60.